The zero-order valence-electron chi connectivity index (χ0n) is 10.8. The lowest BCUT2D eigenvalue weighted by molar-refractivity contribution is 0.145. The summed E-state index contributed by atoms with van der Waals surface area (Å²) >= 11 is 0. The molecule has 0 unspecified atom stereocenters. The smallest absolute Gasteiger partial charge is 0.146 e. The van der Waals surface area contributed by atoms with Crippen LogP contribution >= 0.6 is 0 Å². The molecule has 0 bridgehead atoms. The van der Waals surface area contributed by atoms with Crippen molar-refractivity contribution in [1.82, 2.24) is 9.97 Å². The first-order valence-electron chi connectivity index (χ1n) is 6.58. The molecule has 2 rings (SSSR count). The number of anilines is 2. The topological polar surface area (TPSA) is 49.8 Å². The van der Waals surface area contributed by atoms with Crippen molar-refractivity contribution >= 4 is 11.6 Å². The summed E-state index contributed by atoms with van der Waals surface area (Å²) in [6.45, 7) is 6.23. The monoisotopic (exact) mass is 234 g/mol. The van der Waals surface area contributed by atoms with Gasteiger partial charge in [-0.25, -0.2) is 4.98 Å². The van der Waals surface area contributed by atoms with Crippen molar-refractivity contribution in [2.75, 3.05) is 23.7 Å². The van der Waals surface area contributed by atoms with Crippen molar-refractivity contribution < 1.29 is 0 Å². The maximum absolute atomic E-state index is 4.47. The summed E-state index contributed by atoms with van der Waals surface area (Å²) in [5, 5.41) is 6.60. The van der Waals surface area contributed by atoms with Gasteiger partial charge in [0.2, 0.25) is 0 Å². The minimum Gasteiger partial charge on any atom is -0.369 e. The highest BCUT2D eigenvalue weighted by molar-refractivity contribution is 5.41. The third-order valence-corrected chi connectivity index (χ3v) is 3.80. The second-order valence-corrected chi connectivity index (χ2v) is 4.88. The van der Waals surface area contributed by atoms with Gasteiger partial charge in [0, 0.05) is 13.1 Å². The summed E-state index contributed by atoms with van der Waals surface area (Å²) in [5.74, 6) is 1.72. The molecule has 1 heterocycles. The average molecular weight is 234 g/mol. The normalized spacial score (nSPS) is 17.3. The Kier molecular flexibility index (Phi) is 3.82. The third kappa shape index (κ3) is 2.87. The van der Waals surface area contributed by atoms with E-state index in [2.05, 4.69) is 34.4 Å². The molecule has 1 saturated carbocycles. The highest BCUT2D eigenvalue weighted by Gasteiger charge is 2.34. The van der Waals surface area contributed by atoms with E-state index >= 15 is 0 Å². The van der Waals surface area contributed by atoms with Crippen molar-refractivity contribution in [3.8, 4) is 0 Å². The van der Waals surface area contributed by atoms with Gasteiger partial charge in [-0.2, -0.15) is 0 Å². The van der Waals surface area contributed by atoms with E-state index in [0.29, 0.717) is 5.41 Å². The molecule has 94 valence electrons. The van der Waals surface area contributed by atoms with E-state index < -0.39 is 0 Å². The Balaban J connectivity index is 1.92. The van der Waals surface area contributed by atoms with Crippen LogP contribution in [-0.2, 0) is 0 Å². The maximum atomic E-state index is 4.47. The van der Waals surface area contributed by atoms with Gasteiger partial charge in [0.1, 0.15) is 11.6 Å². The van der Waals surface area contributed by atoms with E-state index in [1.807, 2.05) is 0 Å². The Morgan fingerprint density at radius 2 is 1.88 bits per heavy atom. The van der Waals surface area contributed by atoms with Crippen molar-refractivity contribution in [2.45, 2.75) is 39.5 Å². The molecule has 1 aromatic rings. The molecule has 0 aliphatic heterocycles. The van der Waals surface area contributed by atoms with Crippen molar-refractivity contribution in [2.24, 2.45) is 5.41 Å². The van der Waals surface area contributed by atoms with Crippen LogP contribution in [0.1, 0.15) is 39.5 Å². The van der Waals surface area contributed by atoms with Crippen molar-refractivity contribution in [3.63, 3.8) is 0 Å². The van der Waals surface area contributed by atoms with Gasteiger partial charge in [0.15, 0.2) is 0 Å². The summed E-state index contributed by atoms with van der Waals surface area (Å²) < 4.78 is 0. The molecule has 1 aromatic heterocycles. The minimum absolute atomic E-state index is 0.510. The standard InChI is InChI=1S/C13H22N4/c1-3-13(6-5-7-13)10-16-12-9-14-8-11(17-12)15-4-2/h8-9H,3-7,10H2,1-2H3,(H2,15,16,17). The molecule has 4 heteroatoms. The van der Waals surface area contributed by atoms with Crippen LogP contribution in [-0.4, -0.2) is 23.1 Å². The number of hydrogen-bond donors (Lipinski definition) is 2. The number of hydrogen-bond acceptors (Lipinski definition) is 4. The molecule has 0 aromatic carbocycles. The van der Waals surface area contributed by atoms with Crippen molar-refractivity contribution in [3.05, 3.63) is 12.4 Å². The lowest BCUT2D eigenvalue weighted by atomic mass is 9.67. The summed E-state index contributed by atoms with van der Waals surface area (Å²) in [6, 6.07) is 0. The van der Waals surface area contributed by atoms with Crippen LogP contribution in [0, 0.1) is 5.41 Å². The van der Waals surface area contributed by atoms with Crippen LogP contribution in [0.5, 0.6) is 0 Å². The first-order chi connectivity index (χ1) is 8.28. The van der Waals surface area contributed by atoms with E-state index in [-0.39, 0.29) is 0 Å². The zero-order chi connectivity index (χ0) is 12.1. The maximum Gasteiger partial charge on any atom is 0.146 e. The first-order valence-corrected chi connectivity index (χ1v) is 6.58. The summed E-state index contributed by atoms with van der Waals surface area (Å²) in [4.78, 5) is 8.66. The lowest BCUT2D eigenvalue weighted by Crippen LogP contribution is -2.36. The summed E-state index contributed by atoms with van der Waals surface area (Å²) in [7, 11) is 0. The van der Waals surface area contributed by atoms with Crippen LogP contribution in [0.25, 0.3) is 0 Å². The molecule has 1 aliphatic rings. The fourth-order valence-electron chi connectivity index (χ4n) is 2.33. The molecule has 0 spiro atoms. The molecular formula is C13H22N4. The fraction of sp³-hybridized carbons (Fsp3) is 0.692. The van der Waals surface area contributed by atoms with E-state index in [0.717, 1.165) is 24.7 Å². The van der Waals surface area contributed by atoms with E-state index in [1.165, 1.54) is 25.7 Å². The van der Waals surface area contributed by atoms with Gasteiger partial charge in [-0.15, -0.1) is 0 Å². The minimum atomic E-state index is 0.510. The Morgan fingerprint density at radius 3 is 2.41 bits per heavy atom. The molecule has 1 fully saturated rings. The molecule has 2 N–H and O–H groups in total. The van der Waals surface area contributed by atoms with E-state index in [9.17, 15) is 0 Å². The van der Waals surface area contributed by atoms with Gasteiger partial charge in [-0.3, -0.25) is 4.98 Å². The van der Waals surface area contributed by atoms with Crippen LogP contribution in [0.4, 0.5) is 11.6 Å². The highest BCUT2D eigenvalue weighted by atomic mass is 15.1. The summed E-state index contributed by atoms with van der Waals surface area (Å²) in [6.07, 6.45) is 8.86. The number of nitrogens with one attached hydrogen (secondary N) is 2. The fourth-order valence-corrected chi connectivity index (χ4v) is 2.33. The molecule has 17 heavy (non-hydrogen) atoms. The molecule has 4 nitrogen and oxygen atoms in total. The number of rotatable bonds is 6. The highest BCUT2D eigenvalue weighted by Crippen LogP contribution is 2.43. The second-order valence-electron chi connectivity index (χ2n) is 4.88. The van der Waals surface area contributed by atoms with Gasteiger partial charge >= 0.3 is 0 Å². The number of nitrogens with zero attached hydrogens (tertiary/aromatic N) is 2. The Bertz CT molecular complexity index is 355. The van der Waals surface area contributed by atoms with Crippen LogP contribution in [0.3, 0.4) is 0 Å². The second kappa shape index (κ2) is 5.34. The number of aromatic nitrogens is 2. The Morgan fingerprint density at radius 1 is 1.18 bits per heavy atom. The predicted octanol–water partition coefficient (Wildman–Crippen LogP) is 2.90. The molecule has 0 radical (unpaired) electrons. The zero-order valence-corrected chi connectivity index (χ0v) is 10.8. The summed E-state index contributed by atoms with van der Waals surface area (Å²) in [5.41, 5.74) is 0.510. The average Bonchev–Trinajstić information content (AvgIpc) is 2.29. The van der Waals surface area contributed by atoms with E-state index in [4.69, 9.17) is 0 Å². The van der Waals surface area contributed by atoms with Crippen LogP contribution in [0.2, 0.25) is 0 Å². The van der Waals surface area contributed by atoms with Gasteiger partial charge in [0.05, 0.1) is 12.4 Å². The lowest BCUT2D eigenvalue weighted by Gasteiger charge is -2.41. The Hall–Kier alpha value is -1.32. The van der Waals surface area contributed by atoms with Gasteiger partial charge in [-0.05, 0) is 31.6 Å². The molecule has 0 atom stereocenters. The van der Waals surface area contributed by atoms with E-state index in [1.54, 1.807) is 12.4 Å². The molecule has 0 saturated heterocycles. The first kappa shape index (κ1) is 12.1. The van der Waals surface area contributed by atoms with Crippen LogP contribution in [0.15, 0.2) is 12.4 Å². The van der Waals surface area contributed by atoms with Gasteiger partial charge in [-0.1, -0.05) is 13.3 Å². The largest absolute Gasteiger partial charge is 0.369 e. The molecule has 1 aliphatic carbocycles. The van der Waals surface area contributed by atoms with Crippen molar-refractivity contribution in [1.29, 1.82) is 0 Å². The van der Waals surface area contributed by atoms with Gasteiger partial charge < -0.3 is 10.6 Å². The molecule has 0 amide bonds. The van der Waals surface area contributed by atoms with Gasteiger partial charge in [0.25, 0.3) is 0 Å². The third-order valence-electron chi connectivity index (χ3n) is 3.80. The predicted molar refractivity (Wildman–Crippen MR) is 71.3 cm³/mol. The molecular weight excluding hydrogens is 212 g/mol. The SMILES string of the molecule is CCNc1cncc(NCC2(CC)CCC2)n1. The quantitative estimate of drug-likeness (QED) is 0.794. The Labute approximate surface area is 103 Å². The van der Waals surface area contributed by atoms with Crippen LogP contribution < -0.4 is 10.6 Å².